The molecule has 2 aromatic rings. The van der Waals surface area contributed by atoms with Crippen molar-refractivity contribution in [2.24, 2.45) is 0 Å². The maximum atomic E-state index is 12.8. The molecule has 0 spiro atoms. The predicted octanol–water partition coefficient (Wildman–Crippen LogP) is 4.78. The third kappa shape index (κ3) is 2.08. The first-order valence-corrected chi connectivity index (χ1v) is 5.80. The number of hydrogen-bond acceptors (Lipinski definition) is 1. The van der Waals surface area contributed by atoms with E-state index >= 15 is 0 Å². The number of aromatic nitrogens is 1. The van der Waals surface area contributed by atoms with Crippen LogP contribution in [0.15, 0.2) is 33.3 Å². The monoisotopic (exact) mass is 353 g/mol. The number of halogens is 5. The molecule has 0 saturated carbocycles. The molecule has 1 nitrogen and oxygen atoms in total. The molecule has 0 aliphatic carbocycles. The van der Waals surface area contributed by atoms with E-state index in [9.17, 15) is 13.2 Å². The molecule has 0 atom stereocenters. The maximum Gasteiger partial charge on any atom is 0.417 e. The second-order valence-corrected chi connectivity index (χ2v) is 4.79. The Morgan fingerprint density at radius 2 is 1.81 bits per heavy atom. The Balaban J connectivity index is 2.89. The van der Waals surface area contributed by atoms with E-state index in [1.54, 1.807) is 12.1 Å². The lowest BCUT2D eigenvalue weighted by Gasteiger charge is -2.11. The van der Waals surface area contributed by atoms with Gasteiger partial charge in [-0.05, 0) is 44.0 Å². The van der Waals surface area contributed by atoms with Crippen molar-refractivity contribution in [1.82, 2.24) is 4.98 Å². The van der Waals surface area contributed by atoms with Gasteiger partial charge >= 0.3 is 6.18 Å². The van der Waals surface area contributed by atoms with Crippen LogP contribution in [0.1, 0.15) is 5.56 Å². The minimum Gasteiger partial charge on any atom is -0.240 e. The van der Waals surface area contributed by atoms with Gasteiger partial charge in [0.1, 0.15) is 4.60 Å². The fourth-order valence-electron chi connectivity index (χ4n) is 1.42. The molecule has 1 heterocycles. The summed E-state index contributed by atoms with van der Waals surface area (Å²) in [6.45, 7) is 0. The molecule has 0 aliphatic rings. The van der Waals surface area contributed by atoms with E-state index in [0.717, 1.165) is 6.07 Å². The third-order valence-electron chi connectivity index (χ3n) is 2.06. The number of alkyl halides is 3. The summed E-state index contributed by atoms with van der Waals surface area (Å²) in [7, 11) is 0. The molecule has 0 unspecified atom stereocenters. The highest BCUT2D eigenvalue weighted by Crippen LogP contribution is 2.37. The molecular formula is C10H4Br2F3N. The Labute approximate surface area is 106 Å². The fraction of sp³-hybridized carbons (Fsp3) is 0.100. The number of pyridine rings is 1. The van der Waals surface area contributed by atoms with E-state index in [1.807, 2.05) is 0 Å². The van der Waals surface area contributed by atoms with Crippen LogP contribution in [0.3, 0.4) is 0 Å². The first kappa shape index (κ1) is 11.9. The number of rotatable bonds is 0. The maximum absolute atomic E-state index is 12.8. The number of hydrogen-bond donors (Lipinski definition) is 0. The molecule has 0 radical (unpaired) electrons. The van der Waals surface area contributed by atoms with Crippen molar-refractivity contribution in [3.63, 3.8) is 0 Å². The highest BCUT2D eigenvalue weighted by atomic mass is 79.9. The van der Waals surface area contributed by atoms with Crippen LogP contribution in [0.25, 0.3) is 10.9 Å². The van der Waals surface area contributed by atoms with Crippen LogP contribution >= 0.6 is 31.9 Å². The lowest BCUT2D eigenvalue weighted by Crippen LogP contribution is -2.06. The summed E-state index contributed by atoms with van der Waals surface area (Å²) in [6.07, 6.45) is -4.38. The second-order valence-electron chi connectivity index (χ2n) is 3.13. The quantitative estimate of drug-likeness (QED) is 0.620. The van der Waals surface area contributed by atoms with Gasteiger partial charge in [0, 0.05) is 9.86 Å². The van der Waals surface area contributed by atoms with Crippen molar-refractivity contribution in [2.75, 3.05) is 0 Å². The number of para-hydroxylation sites is 1. The van der Waals surface area contributed by atoms with Gasteiger partial charge in [0.2, 0.25) is 0 Å². The van der Waals surface area contributed by atoms with Crippen molar-refractivity contribution in [3.8, 4) is 0 Å². The Bertz CT molecular complexity index is 551. The minimum atomic E-state index is -4.38. The number of fused-ring (bicyclic) bond motifs is 1. The normalized spacial score (nSPS) is 12.1. The van der Waals surface area contributed by atoms with Crippen molar-refractivity contribution < 1.29 is 13.2 Å². The van der Waals surface area contributed by atoms with Crippen LogP contribution in [0.2, 0.25) is 0 Å². The van der Waals surface area contributed by atoms with E-state index < -0.39 is 11.7 Å². The second kappa shape index (κ2) is 4.00. The Morgan fingerprint density at radius 1 is 1.12 bits per heavy atom. The Kier molecular flexibility index (Phi) is 2.96. The van der Waals surface area contributed by atoms with Crippen LogP contribution in [-0.4, -0.2) is 4.98 Å². The summed E-state index contributed by atoms with van der Waals surface area (Å²) in [6, 6.07) is 5.59. The summed E-state index contributed by atoms with van der Waals surface area (Å²) >= 11 is 6.16. The summed E-state index contributed by atoms with van der Waals surface area (Å²) in [5.74, 6) is 0. The van der Waals surface area contributed by atoms with Gasteiger partial charge in [-0.25, -0.2) is 4.98 Å². The van der Waals surface area contributed by atoms with Crippen molar-refractivity contribution >= 4 is 42.8 Å². The number of nitrogens with zero attached hydrogens (tertiary/aromatic N) is 1. The van der Waals surface area contributed by atoms with Gasteiger partial charge in [-0.3, -0.25) is 0 Å². The van der Waals surface area contributed by atoms with Crippen molar-refractivity contribution in [2.45, 2.75) is 6.18 Å². The standard InChI is InChI=1S/C10H4Br2F3N/c11-7-3-1-2-5-6(10(13,14)15)4-8(12)16-9(5)7/h1-4H. The van der Waals surface area contributed by atoms with Crippen molar-refractivity contribution in [3.05, 3.63) is 38.9 Å². The minimum absolute atomic E-state index is 0.0880. The lowest BCUT2D eigenvalue weighted by molar-refractivity contribution is -0.136. The van der Waals surface area contributed by atoms with E-state index in [1.165, 1.54) is 6.07 Å². The van der Waals surface area contributed by atoms with Crippen molar-refractivity contribution in [1.29, 1.82) is 0 Å². The van der Waals surface area contributed by atoms with Crippen LogP contribution in [0.5, 0.6) is 0 Å². The average Bonchev–Trinajstić information content (AvgIpc) is 2.17. The number of benzene rings is 1. The van der Waals surface area contributed by atoms with Gasteiger partial charge in [-0.2, -0.15) is 13.2 Å². The summed E-state index contributed by atoms with van der Waals surface area (Å²) in [5, 5.41) is 0.0880. The summed E-state index contributed by atoms with van der Waals surface area (Å²) < 4.78 is 39.0. The zero-order valence-corrected chi connectivity index (χ0v) is 10.8. The molecule has 1 aromatic carbocycles. The Hall–Kier alpha value is -0.620. The topological polar surface area (TPSA) is 12.9 Å². The highest BCUT2D eigenvalue weighted by Gasteiger charge is 2.33. The van der Waals surface area contributed by atoms with E-state index in [4.69, 9.17) is 0 Å². The molecule has 84 valence electrons. The summed E-state index contributed by atoms with van der Waals surface area (Å²) in [5.41, 5.74) is -0.394. The van der Waals surface area contributed by atoms with Gasteiger partial charge in [0.15, 0.2) is 0 Å². The molecule has 0 N–H and O–H groups in total. The lowest BCUT2D eigenvalue weighted by atomic mass is 10.1. The largest absolute Gasteiger partial charge is 0.417 e. The van der Waals surface area contributed by atoms with Gasteiger partial charge in [0.25, 0.3) is 0 Å². The Morgan fingerprint density at radius 3 is 2.44 bits per heavy atom. The third-order valence-corrected chi connectivity index (χ3v) is 3.11. The molecule has 6 heteroatoms. The van der Waals surface area contributed by atoms with E-state index in [2.05, 4.69) is 36.8 Å². The van der Waals surface area contributed by atoms with E-state index in [-0.39, 0.29) is 9.99 Å². The average molecular weight is 355 g/mol. The first-order valence-electron chi connectivity index (χ1n) is 4.21. The zero-order valence-electron chi connectivity index (χ0n) is 7.65. The molecule has 0 amide bonds. The molecule has 16 heavy (non-hydrogen) atoms. The molecule has 1 aromatic heterocycles. The predicted molar refractivity (Wildman–Crippen MR) is 62.1 cm³/mol. The van der Waals surface area contributed by atoms with Crippen LogP contribution in [0, 0.1) is 0 Å². The van der Waals surface area contributed by atoms with Gasteiger partial charge in [-0.15, -0.1) is 0 Å². The highest BCUT2D eigenvalue weighted by molar-refractivity contribution is 9.11. The summed E-state index contributed by atoms with van der Waals surface area (Å²) in [4.78, 5) is 4.02. The zero-order chi connectivity index (χ0) is 11.9. The van der Waals surface area contributed by atoms with Crippen LogP contribution in [-0.2, 0) is 6.18 Å². The smallest absolute Gasteiger partial charge is 0.240 e. The van der Waals surface area contributed by atoms with Gasteiger partial charge in [0.05, 0.1) is 11.1 Å². The molecule has 0 saturated heterocycles. The molecule has 2 rings (SSSR count). The SMILES string of the molecule is FC(F)(F)c1cc(Br)nc2c(Br)cccc12. The molecule has 0 fully saturated rings. The van der Waals surface area contributed by atoms with E-state index in [0.29, 0.717) is 9.99 Å². The first-order chi connectivity index (χ1) is 7.39. The molecule has 0 aliphatic heterocycles. The van der Waals surface area contributed by atoms with Crippen LogP contribution < -0.4 is 0 Å². The molecular weight excluding hydrogens is 351 g/mol. The van der Waals surface area contributed by atoms with Gasteiger partial charge < -0.3 is 0 Å². The molecule has 0 bridgehead atoms. The van der Waals surface area contributed by atoms with Crippen LogP contribution in [0.4, 0.5) is 13.2 Å². The van der Waals surface area contributed by atoms with Gasteiger partial charge in [-0.1, -0.05) is 12.1 Å². The fourth-order valence-corrected chi connectivity index (χ4v) is 2.28.